The van der Waals surface area contributed by atoms with E-state index in [0.29, 0.717) is 53.8 Å². The summed E-state index contributed by atoms with van der Waals surface area (Å²) in [7, 11) is -3.60. The third-order valence-electron chi connectivity index (χ3n) is 6.62. The molecule has 1 amide bonds. The maximum atomic E-state index is 13.5. The molecule has 1 N–H and O–H groups in total. The third kappa shape index (κ3) is 5.31. The zero-order valence-corrected chi connectivity index (χ0v) is 21.3. The van der Waals surface area contributed by atoms with E-state index in [4.69, 9.17) is 0 Å². The van der Waals surface area contributed by atoms with Crippen LogP contribution in [0.15, 0.2) is 47.4 Å². The van der Waals surface area contributed by atoms with Crippen LogP contribution in [0.5, 0.6) is 0 Å². The average Bonchev–Trinajstić information content (AvgIpc) is 3.10. The zero-order chi connectivity index (χ0) is 25.3. The first kappa shape index (κ1) is 25.1. The van der Waals surface area contributed by atoms with Crippen molar-refractivity contribution in [2.45, 2.75) is 52.0 Å². The molecule has 0 radical (unpaired) electrons. The van der Waals surface area contributed by atoms with Crippen molar-refractivity contribution in [3.63, 3.8) is 0 Å². The van der Waals surface area contributed by atoms with Crippen molar-refractivity contribution in [2.75, 3.05) is 18.4 Å². The molecule has 1 aliphatic heterocycles. The van der Waals surface area contributed by atoms with Crippen molar-refractivity contribution < 1.29 is 17.6 Å². The SMILES string of the molecule is Cc1cc(NC(=O)c2ccc(Cn3nc(C)c(S(=O)(=O)N4CCC(C)CC4)c3C)cc2)ccc1F. The average molecular weight is 499 g/mol. The van der Waals surface area contributed by atoms with Crippen LogP contribution in [0.1, 0.15) is 52.6 Å². The molecule has 2 heterocycles. The summed E-state index contributed by atoms with van der Waals surface area (Å²) in [5.41, 5.74) is 3.44. The van der Waals surface area contributed by atoms with Gasteiger partial charge in [-0.3, -0.25) is 9.48 Å². The van der Waals surface area contributed by atoms with Gasteiger partial charge in [0.05, 0.1) is 17.9 Å². The predicted molar refractivity (Wildman–Crippen MR) is 133 cm³/mol. The van der Waals surface area contributed by atoms with Gasteiger partial charge in [-0.1, -0.05) is 19.1 Å². The number of carbonyl (C=O) groups is 1. The van der Waals surface area contributed by atoms with Crippen LogP contribution >= 0.6 is 0 Å². The molecule has 0 saturated carbocycles. The molecule has 3 aromatic rings. The lowest BCUT2D eigenvalue weighted by molar-refractivity contribution is 0.102. The number of halogens is 1. The monoisotopic (exact) mass is 498 g/mol. The second-order valence-electron chi connectivity index (χ2n) is 9.36. The van der Waals surface area contributed by atoms with E-state index >= 15 is 0 Å². The van der Waals surface area contributed by atoms with Crippen molar-refractivity contribution in [1.29, 1.82) is 0 Å². The number of sulfonamides is 1. The molecule has 0 aliphatic carbocycles. The zero-order valence-electron chi connectivity index (χ0n) is 20.5. The summed E-state index contributed by atoms with van der Waals surface area (Å²) < 4.78 is 43.4. The highest BCUT2D eigenvalue weighted by atomic mass is 32.2. The van der Waals surface area contributed by atoms with E-state index in [-0.39, 0.29) is 16.6 Å². The lowest BCUT2D eigenvalue weighted by Gasteiger charge is -2.29. The minimum absolute atomic E-state index is 0.289. The Morgan fingerprint density at radius 2 is 1.74 bits per heavy atom. The first-order valence-electron chi connectivity index (χ1n) is 11.8. The molecule has 7 nitrogen and oxygen atoms in total. The maximum Gasteiger partial charge on any atom is 0.255 e. The summed E-state index contributed by atoms with van der Waals surface area (Å²) in [6, 6.07) is 11.5. The Morgan fingerprint density at radius 3 is 2.37 bits per heavy atom. The molecule has 1 fully saturated rings. The van der Waals surface area contributed by atoms with Gasteiger partial charge in [0.25, 0.3) is 5.91 Å². The maximum absolute atomic E-state index is 13.5. The highest BCUT2D eigenvalue weighted by molar-refractivity contribution is 7.89. The highest BCUT2D eigenvalue weighted by Crippen LogP contribution is 2.28. The molecular weight excluding hydrogens is 467 g/mol. The van der Waals surface area contributed by atoms with Gasteiger partial charge >= 0.3 is 0 Å². The molecule has 0 atom stereocenters. The van der Waals surface area contributed by atoms with Gasteiger partial charge in [0.2, 0.25) is 10.0 Å². The molecule has 4 rings (SSSR count). The first-order valence-corrected chi connectivity index (χ1v) is 13.2. The summed E-state index contributed by atoms with van der Waals surface area (Å²) in [4.78, 5) is 12.9. The number of anilines is 1. The van der Waals surface area contributed by atoms with Crippen molar-refractivity contribution in [3.05, 3.63) is 76.4 Å². The van der Waals surface area contributed by atoms with Gasteiger partial charge in [-0.05, 0) is 81.0 Å². The number of benzene rings is 2. The number of nitrogens with zero attached hydrogens (tertiary/aromatic N) is 3. The second kappa shape index (κ2) is 9.91. The van der Waals surface area contributed by atoms with Crippen LogP contribution in [0, 0.1) is 32.5 Å². The molecule has 0 bridgehead atoms. The fourth-order valence-electron chi connectivity index (χ4n) is 4.42. The summed E-state index contributed by atoms with van der Waals surface area (Å²) >= 11 is 0. The first-order chi connectivity index (χ1) is 16.6. The van der Waals surface area contributed by atoms with E-state index in [1.165, 1.54) is 12.1 Å². The number of rotatable bonds is 6. The number of piperidine rings is 1. The van der Waals surface area contributed by atoms with Gasteiger partial charge in [-0.15, -0.1) is 0 Å². The number of aromatic nitrogens is 2. The minimum Gasteiger partial charge on any atom is -0.322 e. The lowest BCUT2D eigenvalue weighted by Crippen LogP contribution is -2.38. The molecule has 0 spiro atoms. The standard InChI is InChI=1S/C26H31FN4O3S/c1-17-11-13-30(14-12-17)35(33,34)25-19(3)29-31(20(25)4)16-21-5-7-22(8-6-21)26(32)28-23-9-10-24(27)18(2)15-23/h5-10,15,17H,11-14,16H2,1-4H3,(H,28,32). The van der Waals surface area contributed by atoms with Crippen LogP contribution < -0.4 is 5.32 Å². The van der Waals surface area contributed by atoms with Gasteiger partial charge in [0, 0.05) is 24.3 Å². The number of hydrogen-bond acceptors (Lipinski definition) is 4. The van der Waals surface area contributed by atoms with Crippen LogP contribution in [-0.4, -0.2) is 41.5 Å². The van der Waals surface area contributed by atoms with E-state index in [9.17, 15) is 17.6 Å². The van der Waals surface area contributed by atoms with Crippen LogP contribution in [-0.2, 0) is 16.6 Å². The largest absolute Gasteiger partial charge is 0.322 e. The summed E-state index contributed by atoms with van der Waals surface area (Å²) in [6.07, 6.45) is 1.73. The van der Waals surface area contributed by atoms with E-state index in [0.717, 1.165) is 18.4 Å². The van der Waals surface area contributed by atoms with Gasteiger partial charge < -0.3 is 5.32 Å². The predicted octanol–water partition coefficient (Wildman–Crippen LogP) is 4.67. The summed E-state index contributed by atoms with van der Waals surface area (Å²) in [6.45, 7) is 8.76. The van der Waals surface area contributed by atoms with Crippen molar-refractivity contribution in [3.8, 4) is 0 Å². The summed E-state index contributed by atoms with van der Waals surface area (Å²) in [5, 5.41) is 7.28. The lowest BCUT2D eigenvalue weighted by atomic mass is 10.0. The van der Waals surface area contributed by atoms with E-state index in [1.54, 1.807) is 48.0 Å². The Bertz CT molecular complexity index is 1340. The van der Waals surface area contributed by atoms with Crippen molar-refractivity contribution in [2.24, 2.45) is 5.92 Å². The van der Waals surface area contributed by atoms with Crippen molar-refractivity contribution in [1.82, 2.24) is 14.1 Å². The normalized spacial score (nSPS) is 15.3. The van der Waals surface area contributed by atoms with Crippen LogP contribution in [0.2, 0.25) is 0 Å². The highest BCUT2D eigenvalue weighted by Gasteiger charge is 2.33. The number of aryl methyl sites for hydroxylation is 2. The molecular formula is C26H31FN4O3S. The van der Waals surface area contributed by atoms with Crippen LogP contribution in [0.3, 0.4) is 0 Å². The van der Waals surface area contributed by atoms with Crippen LogP contribution in [0.4, 0.5) is 10.1 Å². The molecule has 0 unspecified atom stereocenters. The van der Waals surface area contributed by atoms with Gasteiger partial charge in [0.1, 0.15) is 10.7 Å². The van der Waals surface area contributed by atoms with Gasteiger partial charge in [-0.2, -0.15) is 9.40 Å². The Morgan fingerprint density at radius 1 is 1.09 bits per heavy atom. The Balaban J connectivity index is 1.48. The number of amides is 1. The molecule has 1 aliphatic rings. The molecule has 186 valence electrons. The third-order valence-corrected chi connectivity index (χ3v) is 8.77. The van der Waals surface area contributed by atoms with E-state index < -0.39 is 10.0 Å². The Labute approximate surface area is 206 Å². The minimum atomic E-state index is -3.60. The molecule has 1 saturated heterocycles. The van der Waals surface area contributed by atoms with Crippen molar-refractivity contribution >= 4 is 21.6 Å². The number of hydrogen-bond donors (Lipinski definition) is 1. The number of nitrogens with one attached hydrogen (secondary N) is 1. The fraction of sp³-hybridized carbons (Fsp3) is 0.385. The second-order valence-corrected chi connectivity index (χ2v) is 11.2. The van der Waals surface area contributed by atoms with E-state index in [2.05, 4.69) is 17.3 Å². The van der Waals surface area contributed by atoms with Gasteiger partial charge in [0.15, 0.2) is 0 Å². The molecule has 9 heteroatoms. The summed E-state index contributed by atoms with van der Waals surface area (Å²) in [5.74, 6) is -0.0767. The quantitative estimate of drug-likeness (QED) is 0.535. The molecule has 35 heavy (non-hydrogen) atoms. The topological polar surface area (TPSA) is 84.3 Å². The number of carbonyl (C=O) groups excluding carboxylic acids is 1. The fourth-order valence-corrected chi connectivity index (χ4v) is 6.26. The van der Waals surface area contributed by atoms with E-state index in [1.807, 2.05) is 12.1 Å². The smallest absolute Gasteiger partial charge is 0.255 e. The van der Waals surface area contributed by atoms with Gasteiger partial charge in [-0.25, -0.2) is 12.8 Å². The molecule has 1 aromatic heterocycles. The molecule has 2 aromatic carbocycles. The Kier molecular flexibility index (Phi) is 7.10. The van der Waals surface area contributed by atoms with Crippen LogP contribution in [0.25, 0.3) is 0 Å². The Hall–Kier alpha value is -3.04.